The Morgan fingerprint density at radius 2 is 1.85 bits per heavy atom. The first-order valence-corrected chi connectivity index (χ1v) is 8.97. The van der Waals surface area contributed by atoms with Crippen LogP contribution < -0.4 is 0 Å². The molecule has 0 aliphatic rings. The molecule has 4 heterocycles. The van der Waals surface area contributed by atoms with Gasteiger partial charge in [-0.15, -0.1) is 0 Å². The number of hydrogen-bond donors (Lipinski definition) is 0. The van der Waals surface area contributed by atoms with Gasteiger partial charge in [0, 0.05) is 29.7 Å². The van der Waals surface area contributed by atoms with Gasteiger partial charge in [-0.05, 0) is 19.1 Å². The summed E-state index contributed by atoms with van der Waals surface area (Å²) < 4.78 is 3.89. The van der Waals surface area contributed by atoms with Gasteiger partial charge in [0.1, 0.15) is 17.1 Å². The minimum absolute atomic E-state index is 0.0159. The van der Waals surface area contributed by atoms with Gasteiger partial charge < -0.3 is 4.57 Å². The molecule has 6 nitrogen and oxygen atoms in total. The van der Waals surface area contributed by atoms with Gasteiger partial charge in [0.2, 0.25) is 0 Å². The lowest BCUT2D eigenvalue weighted by molar-refractivity contribution is 0.653. The third kappa shape index (κ3) is 2.57. The van der Waals surface area contributed by atoms with Crippen molar-refractivity contribution in [1.29, 1.82) is 0 Å². The third-order valence-electron chi connectivity index (χ3n) is 4.79. The van der Waals surface area contributed by atoms with E-state index in [9.17, 15) is 0 Å². The molecule has 5 rings (SSSR count). The lowest BCUT2D eigenvalue weighted by atomic mass is 10.0. The highest BCUT2D eigenvalue weighted by Gasteiger charge is 2.19. The molecule has 0 saturated heterocycles. The summed E-state index contributed by atoms with van der Waals surface area (Å²) in [5.41, 5.74) is 4.63. The van der Waals surface area contributed by atoms with Gasteiger partial charge in [-0.25, -0.2) is 19.5 Å². The van der Waals surface area contributed by atoms with Crippen molar-refractivity contribution in [3.05, 3.63) is 78.1 Å². The molecule has 1 atom stereocenters. The summed E-state index contributed by atoms with van der Waals surface area (Å²) in [6, 6.07) is 14.2. The highest BCUT2D eigenvalue weighted by atomic mass is 35.5. The summed E-state index contributed by atoms with van der Waals surface area (Å²) >= 11 is 6.22. The number of halogens is 1. The van der Waals surface area contributed by atoms with E-state index in [0.29, 0.717) is 5.15 Å². The SMILES string of the molecule is CC(c1cc2nccn2nc1-c1ccccc1)n1ccc2c(Cl)ncnc21. The Hall–Kier alpha value is -3.25. The predicted molar refractivity (Wildman–Crippen MR) is 105 cm³/mol. The smallest absolute Gasteiger partial charge is 0.153 e. The van der Waals surface area contributed by atoms with Crippen LogP contribution in [0, 0.1) is 0 Å². The van der Waals surface area contributed by atoms with Gasteiger partial charge in [0.25, 0.3) is 0 Å². The van der Waals surface area contributed by atoms with Crippen LogP contribution in [0.3, 0.4) is 0 Å². The minimum Gasteiger partial charge on any atom is -0.325 e. The molecule has 0 radical (unpaired) electrons. The number of fused-ring (bicyclic) bond motifs is 2. The lowest BCUT2D eigenvalue weighted by Crippen LogP contribution is -2.10. The summed E-state index contributed by atoms with van der Waals surface area (Å²) in [6.07, 6.45) is 7.08. The maximum atomic E-state index is 6.22. The summed E-state index contributed by atoms with van der Waals surface area (Å²) in [7, 11) is 0. The van der Waals surface area contributed by atoms with E-state index in [1.807, 2.05) is 36.7 Å². The zero-order valence-corrected chi connectivity index (χ0v) is 15.2. The molecule has 0 spiro atoms. The summed E-state index contributed by atoms with van der Waals surface area (Å²) in [6.45, 7) is 2.12. The number of aromatic nitrogens is 6. The average molecular weight is 375 g/mol. The Balaban J connectivity index is 1.74. The Morgan fingerprint density at radius 1 is 1.00 bits per heavy atom. The van der Waals surface area contributed by atoms with E-state index in [1.165, 1.54) is 6.33 Å². The molecule has 0 fully saturated rings. The fraction of sp³-hybridized carbons (Fsp3) is 0.100. The maximum Gasteiger partial charge on any atom is 0.153 e. The van der Waals surface area contributed by atoms with Gasteiger partial charge in [-0.1, -0.05) is 41.9 Å². The minimum atomic E-state index is -0.0159. The molecule has 132 valence electrons. The van der Waals surface area contributed by atoms with Crippen molar-refractivity contribution >= 4 is 28.3 Å². The molecule has 1 aromatic carbocycles. The number of rotatable bonds is 3. The van der Waals surface area contributed by atoms with Crippen LogP contribution in [0.25, 0.3) is 27.9 Å². The Labute approximate surface area is 160 Å². The van der Waals surface area contributed by atoms with Crippen LogP contribution in [0.4, 0.5) is 0 Å². The van der Waals surface area contributed by atoms with Crippen LogP contribution in [0.15, 0.2) is 67.4 Å². The molecule has 0 bridgehead atoms. The first kappa shape index (κ1) is 16.0. The van der Waals surface area contributed by atoms with E-state index in [-0.39, 0.29) is 6.04 Å². The second-order valence-electron chi connectivity index (χ2n) is 6.35. The molecule has 0 aliphatic heterocycles. The van der Waals surface area contributed by atoms with Gasteiger partial charge in [-0.2, -0.15) is 5.10 Å². The van der Waals surface area contributed by atoms with Crippen molar-refractivity contribution < 1.29 is 0 Å². The third-order valence-corrected chi connectivity index (χ3v) is 5.09. The molecular formula is C20H15ClN6. The quantitative estimate of drug-likeness (QED) is 0.439. The van der Waals surface area contributed by atoms with Crippen molar-refractivity contribution in [1.82, 2.24) is 29.1 Å². The Kier molecular flexibility index (Phi) is 3.65. The van der Waals surface area contributed by atoms with E-state index in [1.54, 1.807) is 10.7 Å². The molecule has 0 aliphatic carbocycles. The topological polar surface area (TPSA) is 60.9 Å². The number of imidazole rings is 1. The Morgan fingerprint density at radius 3 is 2.70 bits per heavy atom. The van der Waals surface area contributed by atoms with E-state index >= 15 is 0 Å². The van der Waals surface area contributed by atoms with Crippen molar-refractivity contribution in [3.8, 4) is 11.3 Å². The number of benzene rings is 1. The molecule has 5 aromatic rings. The van der Waals surface area contributed by atoms with Crippen molar-refractivity contribution in [3.63, 3.8) is 0 Å². The zero-order chi connectivity index (χ0) is 18.4. The summed E-state index contributed by atoms with van der Waals surface area (Å²) in [4.78, 5) is 12.9. The summed E-state index contributed by atoms with van der Waals surface area (Å²) in [5, 5.41) is 6.11. The molecule has 0 N–H and O–H groups in total. The lowest BCUT2D eigenvalue weighted by Gasteiger charge is -2.19. The van der Waals surface area contributed by atoms with Gasteiger partial charge >= 0.3 is 0 Å². The number of nitrogens with zero attached hydrogens (tertiary/aromatic N) is 6. The van der Waals surface area contributed by atoms with Crippen molar-refractivity contribution in [2.45, 2.75) is 13.0 Å². The van der Waals surface area contributed by atoms with Gasteiger partial charge in [-0.3, -0.25) is 0 Å². The largest absolute Gasteiger partial charge is 0.325 e. The fourth-order valence-corrected chi connectivity index (χ4v) is 3.60. The number of hydrogen-bond acceptors (Lipinski definition) is 4. The Bertz CT molecular complexity index is 1260. The first-order chi connectivity index (χ1) is 13.2. The van der Waals surface area contributed by atoms with Crippen LogP contribution >= 0.6 is 11.6 Å². The average Bonchev–Trinajstić information content (AvgIpc) is 3.34. The molecule has 0 amide bonds. The molecule has 27 heavy (non-hydrogen) atoms. The highest BCUT2D eigenvalue weighted by molar-refractivity contribution is 6.33. The molecule has 1 unspecified atom stereocenters. The molecule has 7 heteroatoms. The van der Waals surface area contributed by atoms with Crippen LogP contribution in [-0.4, -0.2) is 29.1 Å². The monoisotopic (exact) mass is 374 g/mol. The predicted octanol–water partition coefficient (Wildman–Crippen LogP) is 4.40. The maximum absolute atomic E-state index is 6.22. The van der Waals surface area contributed by atoms with Gasteiger partial charge in [0.15, 0.2) is 5.65 Å². The standard InChI is InChI=1S/C20H15ClN6/c1-13(26-9-7-15-19(21)23-12-24-20(15)26)16-11-17-22-8-10-27(17)25-18(16)14-5-3-2-4-6-14/h2-13H,1H3. The van der Waals surface area contributed by atoms with Crippen LogP contribution in [0.5, 0.6) is 0 Å². The fourth-order valence-electron chi connectivity index (χ4n) is 3.41. The second kappa shape index (κ2) is 6.17. The van der Waals surface area contributed by atoms with E-state index in [0.717, 1.165) is 33.5 Å². The van der Waals surface area contributed by atoms with Crippen molar-refractivity contribution in [2.24, 2.45) is 0 Å². The van der Waals surface area contributed by atoms with E-state index in [4.69, 9.17) is 16.7 Å². The van der Waals surface area contributed by atoms with E-state index < -0.39 is 0 Å². The molecular weight excluding hydrogens is 360 g/mol. The highest BCUT2D eigenvalue weighted by Crippen LogP contribution is 2.32. The van der Waals surface area contributed by atoms with Crippen molar-refractivity contribution in [2.75, 3.05) is 0 Å². The first-order valence-electron chi connectivity index (χ1n) is 8.59. The van der Waals surface area contributed by atoms with Crippen LogP contribution in [0.2, 0.25) is 5.15 Å². The summed E-state index contributed by atoms with van der Waals surface area (Å²) in [5.74, 6) is 0. The van der Waals surface area contributed by atoms with Crippen LogP contribution in [0.1, 0.15) is 18.5 Å². The van der Waals surface area contributed by atoms with Gasteiger partial charge in [0.05, 0.1) is 17.1 Å². The van der Waals surface area contributed by atoms with E-state index in [2.05, 4.69) is 44.6 Å². The zero-order valence-electron chi connectivity index (χ0n) is 14.5. The normalized spacial score (nSPS) is 12.7. The van der Waals surface area contributed by atoms with Crippen LogP contribution in [-0.2, 0) is 0 Å². The molecule has 0 saturated carbocycles. The second-order valence-corrected chi connectivity index (χ2v) is 6.70. The molecule has 4 aromatic heterocycles.